The second-order valence-electron chi connectivity index (χ2n) is 3.22. The van der Waals surface area contributed by atoms with E-state index in [1.165, 1.54) is 6.20 Å². The molecule has 1 aromatic rings. The van der Waals surface area contributed by atoms with Gasteiger partial charge in [0.1, 0.15) is 5.69 Å². The molecule has 0 aromatic carbocycles. The first-order chi connectivity index (χ1) is 6.77. The molecule has 0 unspecified atom stereocenters. The van der Waals surface area contributed by atoms with E-state index in [1.54, 1.807) is 0 Å². The summed E-state index contributed by atoms with van der Waals surface area (Å²) < 4.78 is 0. The molecule has 0 aliphatic carbocycles. The smallest absolute Gasteiger partial charge is 0.275 e. The summed E-state index contributed by atoms with van der Waals surface area (Å²) in [4.78, 5) is 19.9. The number of aromatic nitrogens is 2. The zero-order valence-corrected chi connectivity index (χ0v) is 7.79. The third-order valence-electron chi connectivity index (χ3n) is 2.26. The van der Waals surface area contributed by atoms with Gasteiger partial charge in [0.05, 0.1) is 6.20 Å². The summed E-state index contributed by atoms with van der Waals surface area (Å²) in [6, 6.07) is 0. The van der Waals surface area contributed by atoms with E-state index in [0.29, 0.717) is 5.69 Å². The van der Waals surface area contributed by atoms with E-state index in [4.69, 9.17) is 5.73 Å². The Labute approximate surface area is 81.1 Å². The number of aromatic amines is 1. The van der Waals surface area contributed by atoms with Gasteiger partial charge in [0.15, 0.2) is 5.95 Å². The lowest BCUT2D eigenvalue weighted by molar-refractivity contribution is 0.587. The van der Waals surface area contributed by atoms with Crippen molar-refractivity contribution in [2.45, 2.75) is 0 Å². The Balaban J connectivity index is 2.26. The van der Waals surface area contributed by atoms with Gasteiger partial charge in [-0.2, -0.15) is 0 Å². The zero-order chi connectivity index (χ0) is 9.97. The second-order valence-corrected chi connectivity index (χ2v) is 3.22. The van der Waals surface area contributed by atoms with Crippen LogP contribution in [0, 0.1) is 0 Å². The number of nitrogens with two attached hydrogens (primary N) is 1. The number of H-pyrrole nitrogens is 1. The normalized spacial score (nSPS) is 17.0. The SMILES string of the molecule is Nc1ncc(N2CCNCC2)c(=O)[nH]1. The van der Waals surface area contributed by atoms with Crippen molar-refractivity contribution in [3.63, 3.8) is 0 Å². The number of rotatable bonds is 1. The summed E-state index contributed by atoms with van der Waals surface area (Å²) in [6.45, 7) is 3.44. The fourth-order valence-electron chi connectivity index (χ4n) is 1.53. The van der Waals surface area contributed by atoms with Crippen LogP contribution in [-0.4, -0.2) is 36.1 Å². The van der Waals surface area contributed by atoms with Crippen LogP contribution >= 0.6 is 0 Å². The molecular weight excluding hydrogens is 182 g/mol. The van der Waals surface area contributed by atoms with Gasteiger partial charge in [0, 0.05) is 26.2 Å². The minimum absolute atomic E-state index is 0.161. The molecule has 2 heterocycles. The van der Waals surface area contributed by atoms with E-state index in [0.717, 1.165) is 26.2 Å². The molecule has 0 saturated carbocycles. The highest BCUT2D eigenvalue weighted by atomic mass is 16.1. The van der Waals surface area contributed by atoms with Gasteiger partial charge in [-0.05, 0) is 0 Å². The molecule has 0 atom stereocenters. The third kappa shape index (κ3) is 1.69. The first-order valence-electron chi connectivity index (χ1n) is 4.58. The van der Waals surface area contributed by atoms with Crippen molar-refractivity contribution in [1.29, 1.82) is 0 Å². The van der Waals surface area contributed by atoms with Gasteiger partial charge in [0.2, 0.25) is 0 Å². The fourth-order valence-corrected chi connectivity index (χ4v) is 1.53. The van der Waals surface area contributed by atoms with E-state index in [2.05, 4.69) is 15.3 Å². The third-order valence-corrected chi connectivity index (χ3v) is 2.26. The molecule has 2 rings (SSSR count). The average Bonchev–Trinajstić information content (AvgIpc) is 2.19. The van der Waals surface area contributed by atoms with Crippen molar-refractivity contribution in [3.8, 4) is 0 Å². The Morgan fingerprint density at radius 3 is 2.79 bits per heavy atom. The Bertz CT molecular complexity index is 368. The number of nitrogens with zero attached hydrogens (tertiary/aromatic N) is 2. The minimum Gasteiger partial charge on any atom is -0.369 e. The quantitative estimate of drug-likeness (QED) is 0.522. The van der Waals surface area contributed by atoms with E-state index in [-0.39, 0.29) is 11.5 Å². The molecule has 6 nitrogen and oxygen atoms in total. The van der Waals surface area contributed by atoms with Crippen molar-refractivity contribution >= 4 is 11.6 Å². The second kappa shape index (κ2) is 3.67. The summed E-state index contributed by atoms with van der Waals surface area (Å²) >= 11 is 0. The highest BCUT2D eigenvalue weighted by molar-refractivity contribution is 5.44. The van der Waals surface area contributed by atoms with Gasteiger partial charge in [-0.3, -0.25) is 9.78 Å². The van der Waals surface area contributed by atoms with Gasteiger partial charge in [-0.15, -0.1) is 0 Å². The molecule has 0 amide bonds. The topological polar surface area (TPSA) is 87.0 Å². The lowest BCUT2D eigenvalue weighted by atomic mass is 10.3. The molecule has 0 radical (unpaired) electrons. The van der Waals surface area contributed by atoms with Crippen LogP contribution in [0.25, 0.3) is 0 Å². The zero-order valence-electron chi connectivity index (χ0n) is 7.79. The van der Waals surface area contributed by atoms with Crippen molar-refractivity contribution in [2.24, 2.45) is 0 Å². The molecule has 76 valence electrons. The van der Waals surface area contributed by atoms with E-state index in [9.17, 15) is 4.79 Å². The predicted molar refractivity (Wildman–Crippen MR) is 54.4 cm³/mol. The molecule has 1 aliphatic heterocycles. The molecule has 1 saturated heterocycles. The van der Waals surface area contributed by atoms with Crippen molar-refractivity contribution in [3.05, 3.63) is 16.6 Å². The van der Waals surface area contributed by atoms with E-state index >= 15 is 0 Å². The monoisotopic (exact) mass is 195 g/mol. The highest BCUT2D eigenvalue weighted by Gasteiger charge is 2.13. The Kier molecular flexibility index (Phi) is 2.36. The average molecular weight is 195 g/mol. The molecular formula is C8H13N5O. The van der Waals surface area contributed by atoms with Gasteiger partial charge >= 0.3 is 0 Å². The number of nitrogens with one attached hydrogen (secondary N) is 2. The highest BCUT2D eigenvalue weighted by Crippen LogP contribution is 2.06. The van der Waals surface area contributed by atoms with Crippen LogP contribution < -0.4 is 21.5 Å². The first-order valence-corrected chi connectivity index (χ1v) is 4.58. The van der Waals surface area contributed by atoms with Gasteiger partial charge in [0.25, 0.3) is 5.56 Å². The molecule has 1 aromatic heterocycles. The lowest BCUT2D eigenvalue weighted by Crippen LogP contribution is -2.45. The summed E-state index contributed by atoms with van der Waals surface area (Å²) in [5, 5.41) is 3.22. The molecule has 1 fully saturated rings. The molecule has 0 spiro atoms. The lowest BCUT2D eigenvalue weighted by Gasteiger charge is -2.28. The number of piperazine rings is 1. The van der Waals surface area contributed by atoms with Crippen LogP contribution in [0.5, 0.6) is 0 Å². The summed E-state index contributed by atoms with van der Waals surface area (Å²) in [7, 11) is 0. The maximum atomic E-state index is 11.5. The van der Waals surface area contributed by atoms with Gasteiger partial charge < -0.3 is 16.0 Å². The Morgan fingerprint density at radius 2 is 2.14 bits per heavy atom. The largest absolute Gasteiger partial charge is 0.369 e. The van der Waals surface area contributed by atoms with Crippen LogP contribution in [0.4, 0.5) is 11.6 Å². The van der Waals surface area contributed by atoms with E-state index in [1.807, 2.05) is 4.90 Å². The summed E-state index contributed by atoms with van der Waals surface area (Å²) in [5.74, 6) is 0.161. The molecule has 4 N–H and O–H groups in total. The first kappa shape index (κ1) is 9.01. The van der Waals surface area contributed by atoms with Gasteiger partial charge in [-0.1, -0.05) is 0 Å². The number of anilines is 2. The van der Waals surface area contributed by atoms with Crippen LogP contribution in [0.1, 0.15) is 0 Å². The van der Waals surface area contributed by atoms with Crippen LogP contribution in [0.15, 0.2) is 11.0 Å². The maximum absolute atomic E-state index is 11.5. The number of nitrogen functional groups attached to an aromatic ring is 1. The van der Waals surface area contributed by atoms with Crippen molar-refractivity contribution in [2.75, 3.05) is 36.8 Å². The Morgan fingerprint density at radius 1 is 1.43 bits per heavy atom. The number of hydrogen-bond acceptors (Lipinski definition) is 5. The molecule has 6 heteroatoms. The fraction of sp³-hybridized carbons (Fsp3) is 0.500. The standard InChI is InChI=1S/C8H13N5O/c9-8-11-5-6(7(14)12-8)13-3-1-10-2-4-13/h5,10H,1-4H2,(H3,9,11,12,14). The van der Waals surface area contributed by atoms with Crippen LogP contribution in [0.2, 0.25) is 0 Å². The van der Waals surface area contributed by atoms with E-state index < -0.39 is 0 Å². The molecule has 1 aliphatic rings. The predicted octanol–water partition coefficient (Wildman–Crippen LogP) is -1.24. The summed E-state index contributed by atoms with van der Waals surface area (Å²) in [5.41, 5.74) is 5.79. The van der Waals surface area contributed by atoms with Crippen LogP contribution in [0.3, 0.4) is 0 Å². The van der Waals surface area contributed by atoms with Crippen molar-refractivity contribution in [1.82, 2.24) is 15.3 Å². The van der Waals surface area contributed by atoms with Crippen LogP contribution in [-0.2, 0) is 0 Å². The number of hydrogen-bond donors (Lipinski definition) is 3. The van der Waals surface area contributed by atoms with Gasteiger partial charge in [-0.25, -0.2) is 4.98 Å². The Hall–Kier alpha value is -1.56. The summed E-state index contributed by atoms with van der Waals surface area (Å²) in [6.07, 6.45) is 1.53. The molecule has 0 bridgehead atoms. The minimum atomic E-state index is -0.167. The molecule has 14 heavy (non-hydrogen) atoms. The maximum Gasteiger partial charge on any atom is 0.275 e. The van der Waals surface area contributed by atoms with Crippen molar-refractivity contribution < 1.29 is 0 Å².